The van der Waals surface area contributed by atoms with Gasteiger partial charge in [0.1, 0.15) is 0 Å². The van der Waals surface area contributed by atoms with E-state index in [2.05, 4.69) is 65.2 Å². The van der Waals surface area contributed by atoms with E-state index in [9.17, 15) is 0 Å². The molecule has 0 N–H and O–H groups in total. The monoisotopic (exact) mass is 470 g/mol. The van der Waals surface area contributed by atoms with Crippen molar-refractivity contribution in [2.24, 2.45) is 17.8 Å². The molecule has 0 aliphatic carbocycles. The predicted octanol–water partition coefficient (Wildman–Crippen LogP) is 6.90. The Labute approximate surface area is 204 Å². The molecular formula is C25H53N2Y-. The van der Waals surface area contributed by atoms with Gasteiger partial charge in [0.25, 0.3) is 0 Å². The van der Waals surface area contributed by atoms with Crippen LogP contribution < -0.4 is 0 Å². The van der Waals surface area contributed by atoms with E-state index in [1.165, 1.54) is 58.3 Å². The smallest absolute Gasteiger partial charge is 0.00385 e. The summed E-state index contributed by atoms with van der Waals surface area (Å²) in [5.41, 5.74) is 0. The first-order valence-electron chi connectivity index (χ1n) is 12.0. The average Bonchev–Trinajstić information content (AvgIpc) is 2.90. The van der Waals surface area contributed by atoms with E-state index in [-0.39, 0.29) is 32.7 Å². The minimum Gasteiger partial charge on any atom is -0.309 e. The van der Waals surface area contributed by atoms with Gasteiger partial charge in [0, 0.05) is 44.8 Å². The molecule has 0 aromatic heterocycles. The maximum Gasteiger partial charge on any atom is 0.00385 e. The third-order valence-electron chi connectivity index (χ3n) is 6.47. The molecule has 1 radical (unpaired) electrons. The van der Waals surface area contributed by atoms with Gasteiger partial charge in [-0.2, -0.15) is 18.8 Å². The van der Waals surface area contributed by atoms with Crippen molar-refractivity contribution in [2.45, 2.75) is 113 Å². The van der Waals surface area contributed by atoms with Crippen LogP contribution in [-0.4, -0.2) is 48.1 Å². The Hall–Kier alpha value is 1.02. The molecule has 2 aliphatic heterocycles. The Morgan fingerprint density at radius 2 is 1.14 bits per heavy atom. The second-order valence-electron chi connectivity index (χ2n) is 9.51. The van der Waals surface area contributed by atoms with Crippen LogP contribution in [0.3, 0.4) is 0 Å². The van der Waals surface area contributed by atoms with Gasteiger partial charge in [-0.05, 0) is 85.0 Å². The summed E-state index contributed by atoms with van der Waals surface area (Å²) in [6.07, 6.45) is 6.92. The Bertz CT molecular complexity index is 301. The first kappa shape index (κ1) is 31.2. The average molecular weight is 471 g/mol. The van der Waals surface area contributed by atoms with Crippen molar-refractivity contribution in [2.75, 3.05) is 26.2 Å². The standard InChI is InChI=1S/C12H25N.C11H22N.C2H6.Y/c1-10(2)12-6-5-8-13(9-7-12)11(3)4;1-9(2)11-5-7-12(8-6-11)10(3)4;1-2;/h10-12H,5-9H2,1-4H3;9-10H,5-8H2,1-4H3;1-2H3;/q;-1;;. The maximum absolute atomic E-state index is 2.63. The zero-order valence-electron chi connectivity index (χ0n) is 21.2. The minimum absolute atomic E-state index is 0. The van der Waals surface area contributed by atoms with E-state index >= 15 is 0 Å². The molecule has 2 nitrogen and oxygen atoms in total. The summed E-state index contributed by atoms with van der Waals surface area (Å²) >= 11 is 0. The van der Waals surface area contributed by atoms with Crippen LogP contribution in [-0.2, 0) is 32.7 Å². The van der Waals surface area contributed by atoms with Gasteiger partial charge in [-0.15, -0.1) is 0 Å². The normalized spacial score (nSPS) is 22.3. The summed E-state index contributed by atoms with van der Waals surface area (Å²) < 4.78 is 0. The summed E-state index contributed by atoms with van der Waals surface area (Å²) in [5, 5.41) is 0. The molecule has 0 amide bonds. The first-order chi connectivity index (χ1) is 12.7. The summed E-state index contributed by atoms with van der Waals surface area (Å²) in [6.45, 7) is 27.8. The molecule has 2 aliphatic rings. The number of hydrogen-bond acceptors (Lipinski definition) is 2. The first-order valence-corrected chi connectivity index (χ1v) is 12.0. The molecule has 1 unspecified atom stereocenters. The van der Waals surface area contributed by atoms with Crippen molar-refractivity contribution < 1.29 is 32.7 Å². The van der Waals surface area contributed by atoms with Crippen molar-refractivity contribution in [1.29, 1.82) is 0 Å². The summed E-state index contributed by atoms with van der Waals surface area (Å²) in [4.78, 5) is 5.20. The van der Waals surface area contributed by atoms with Crippen LogP contribution in [0.4, 0.5) is 0 Å². The van der Waals surface area contributed by atoms with Crippen molar-refractivity contribution in [1.82, 2.24) is 9.80 Å². The molecule has 2 saturated heterocycles. The van der Waals surface area contributed by atoms with Crippen LogP contribution in [0.2, 0.25) is 0 Å². The minimum atomic E-state index is 0. The summed E-state index contributed by atoms with van der Waals surface area (Å²) in [7, 11) is 0. The molecule has 0 saturated carbocycles. The van der Waals surface area contributed by atoms with Crippen LogP contribution in [0.15, 0.2) is 0 Å². The van der Waals surface area contributed by atoms with E-state index in [1.54, 1.807) is 5.92 Å². The van der Waals surface area contributed by atoms with E-state index in [1.807, 2.05) is 13.8 Å². The molecule has 0 aromatic carbocycles. The van der Waals surface area contributed by atoms with E-state index in [0.29, 0.717) is 0 Å². The third kappa shape index (κ3) is 12.7. The fraction of sp³-hybridized carbons (Fsp3) is 0.960. The molecule has 0 spiro atoms. The summed E-state index contributed by atoms with van der Waals surface area (Å²) in [6, 6.07) is 1.48. The topological polar surface area (TPSA) is 6.48 Å². The second kappa shape index (κ2) is 17.7. The largest absolute Gasteiger partial charge is 0.309 e. The van der Waals surface area contributed by atoms with E-state index in [4.69, 9.17) is 0 Å². The van der Waals surface area contributed by atoms with Crippen LogP contribution in [0.5, 0.6) is 0 Å². The van der Waals surface area contributed by atoms with Crippen LogP contribution in [0.25, 0.3) is 0 Å². The number of rotatable bonds is 4. The maximum atomic E-state index is 2.63. The zero-order valence-corrected chi connectivity index (χ0v) is 24.1. The molecule has 2 rings (SSSR count). The quantitative estimate of drug-likeness (QED) is 0.413. The Kier molecular flexibility index (Phi) is 19.7. The molecule has 3 heteroatoms. The van der Waals surface area contributed by atoms with Gasteiger partial charge < -0.3 is 15.7 Å². The van der Waals surface area contributed by atoms with Crippen LogP contribution >= 0.6 is 0 Å². The SMILES string of the molecule is CC.CC(C)C1CCCN(C(C)C)CC1.CC(C)[C-]1CCN(C(C)C)CC1.[Y]. The predicted molar refractivity (Wildman–Crippen MR) is 124 cm³/mol. The van der Waals surface area contributed by atoms with Crippen molar-refractivity contribution in [3.8, 4) is 0 Å². The molecular weight excluding hydrogens is 417 g/mol. The zero-order chi connectivity index (χ0) is 21.0. The van der Waals surface area contributed by atoms with Gasteiger partial charge in [-0.3, -0.25) is 0 Å². The van der Waals surface area contributed by atoms with Gasteiger partial charge >= 0.3 is 0 Å². The van der Waals surface area contributed by atoms with Gasteiger partial charge in [0.15, 0.2) is 0 Å². The number of hydrogen-bond donors (Lipinski definition) is 0. The summed E-state index contributed by atoms with van der Waals surface area (Å²) in [5.74, 6) is 4.43. The van der Waals surface area contributed by atoms with Gasteiger partial charge in [0.05, 0.1) is 0 Å². The van der Waals surface area contributed by atoms with Crippen molar-refractivity contribution >= 4 is 0 Å². The van der Waals surface area contributed by atoms with Gasteiger partial charge in [0.2, 0.25) is 0 Å². The Morgan fingerprint density at radius 3 is 1.54 bits per heavy atom. The Morgan fingerprint density at radius 1 is 0.679 bits per heavy atom. The van der Waals surface area contributed by atoms with Crippen LogP contribution in [0.1, 0.15) is 101 Å². The molecule has 1 atom stereocenters. The number of piperidine rings is 1. The second-order valence-corrected chi connectivity index (χ2v) is 9.51. The van der Waals surface area contributed by atoms with Crippen molar-refractivity contribution in [3.63, 3.8) is 0 Å². The third-order valence-corrected chi connectivity index (χ3v) is 6.47. The molecule has 2 fully saturated rings. The number of nitrogens with zero attached hydrogens (tertiary/aromatic N) is 2. The molecule has 167 valence electrons. The van der Waals surface area contributed by atoms with Gasteiger partial charge in [-0.1, -0.05) is 41.5 Å². The van der Waals surface area contributed by atoms with Crippen LogP contribution in [0, 0.1) is 23.7 Å². The Balaban J connectivity index is 0. The fourth-order valence-corrected chi connectivity index (χ4v) is 4.23. The van der Waals surface area contributed by atoms with Gasteiger partial charge in [-0.25, -0.2) is 0 Å². The molecule has 2 heterocycles. The molecule has 0 aromatic rings. The van der Waals surface area contributed by atoms with Crippen molar-refractivity contribution in [3.05, 3.63) is 5.92 Å². The van der Waals surface area contributed by atoms with E-state index in [0.717, 1.165) is 29.8 Å². The number of likely N-dealkylation sites (tertiary alicyclic amines) is 2. The van der Waals surface area contributed by atoms with E-state index < -0.39 is 0 Å². The molecule has 0 bridgehead atoms. The molecule has 28 heavy (non-hydrogen) atoms. The fourth-order valence-electron chi connectivity index (χ4n) is 4.23.